The van der Waals surface area contributed by atoms with Crippen LogP contribution in [0.4, 0.5) is 5.69 Å². The maximum Gasteiger partial charge on any atom is 0.273 e. The largest absolute Gasteiger partial charge is 0.457 e. The van der Waals surface area contributed by atoms with Gasteiger partial charge in [-0.1, -0.05) is 0 Å². The Morgan fingerprint density at radius 1 is 1.30 bits per heavy atom. The summed E-state index contributed by atoms with van der Waals surface area (Å²) in [5, 5.41) is 20.6. The van der Waals surface area contributed by atoms with Crippen LogP contribution in [0.1, 0.15) is 29.7 Å². The van der Waals surface area contributed by atoms with E-state index in [1.54, 1.807) is 30.9 Å². The van der Waals surface area contributed by atoms with Gasteiger partial charge < -0.3 is 9.32 Å². The van der Waals surface area contributed by atoms with Crippen LogP contribution in [0.3, 0.4) is 0 Å². The molecule has 138 valence electrons. The molecule has 0 saturated carbocycles. The quantitative estimate of drug-likeness (QED) is 0.353. The number of nitriles is 1. The van der Waals surface area contributed by atoms with Crippen molar-refractivity contribution in [2.24, 2.45) is 0 Å². The maximum atomic E-state index is 12.4. The predicted molar refractivity (Wildman–Crippen MR) is 99.7 cm³/mol. The van der Waals surface area contributed by atoms with E-state index >= 15 is 0 Å². The lowest BCUT2D eigenvalue weighted by atomic mass is 10.0. The number of nitrogens with zero attached hydrogens (tertiary/aromatic N) is 3. The van der Waals surface area contributed by atoms with Crippen LogP contribution in [-0.4, -0.2) is 28.8 Å². The molecule has 0 radical (unpaired) electrons. The van der Waals surface area contributed by atoms with Crippen LogP contribution < -0.4 is 0 Å². The third-order valence-electron chi connectivity index (χ3n) is 4.78. The summed E-state index contributed by atoms with van der Waals surface area (Å²) in [4.78, 5) is 24.9. The van der Waals surface area contributed by atoms with Crippen LogP contribution in [0, 0.1) is 35.3 Å². The van der Waals surface area contributed by atoms with E-state index < -0.39 is 4.92 Å². The first-order valence-electron chi connectivity index (χ1n) is 8.67. The third-order valence-corrected chi connectivity index (χ3v) is 4.78. The minimum Gasteiger partial charge on any atom is -0.457 e. The highest BCUT2D eigenvalue weighted by Gasteiger charge is 2.22. The molecule has 7 nitrogen and oxygen atoms in total. The summed E-state index contributed by atoms with van der Waals surface area (Å²) < 4.78 is 5.72. The van der Waals surface area contributed by atoms with Crippen LogP contribution in [0.2, 0.25) is 0 Å². The van der Waals surface area contributed by atoms with Crippen LogP contribution in [-0.2, 0) is 4.79 Å². The summed E-state index contributed by atoms with van der Waals surface area (Å²) in [5.74, 6) is 0.503. The normalized spacial score (nSPS) is 14.3. The lowest BCUT2D eigenvalue weighted by molar-refractivity contribution is -0.385. The van der Waals surface area contributed by atoms with Gasteiger partial charge in [-0.15, -0.1) is 0 Å². The number of nitro benzene ring substituents is 1. The van der Waals surface area contributed by atoms with E-state index in [2.05, 4.69) is 0 Å². The van der Waals surface area contributed by atoms with E-state index in [1.807, 2.05) is 12.1 Å². The zero-order chi connectivity index (χ0) is 19.6. The Morgan fingerprint density at radius 3 is 2.63 bits per heavy atom. The van der Waals surface area contributed by atoms with Gasteiger partial charge in [0.25, 0.3) is 11.6 Å². The molecule has 0 N–H and O–H groups in total. The summed E-state index contributed by atoms with van der Waals surface area (Å²) in [6.07, 6.45) is 3.31. The van der Waals surface area contributed by atoms with Crippen molar-refractivity contribution in [1.29, 1.82) is 5.26 Å². The highest BCUT2D eigenvalue weighted by atomic mass is 16.6. The molecule has 0 aliphatic carbocycles. The molecule has 0 unspecified atom stereocenters. The molecule has 1 amide bonds. The molecule has 0 spiro atoms. The zero-order valence-corrected chi connectivity index (χ0v) is 15.2. The second-order valence-electron chi connectivity index (χ2n) is 6.57. The Hall–Kier alpha value is -3.40. The molecule has 3 rings (SSSR count). The van der Waals surface area contributed by atoms with Gasteiger partial charge >= 0.3 is 0 Å². The summed E-state index contributed by atoms with van der Waals surface area (Å²) in [6.45, 7) is 4.83. The highest BCUT2D eigenvalue weighted by Crippen LogP contribution is 2.31. The Morgan fingerprint density at radius 2 is 2.00 bits per heavy atom. The standard InChI is InChI=1S/C20H19N3O4/c1-13-9-15(11-18(14(13)2)23(25)26)19-6-5-17(27-19)10-16(12-21)20(24)22-7-3-4-8-22/h5-6,9-11H,3-4,7-8H2,1-2H3/b16-10+. The van der Waals surface area contributed by atoms with Crippen LogP contribution in [0.5, 0.6) is 0 Å². The zero-order valence-electron chi connectivity index (χ0n) is 15.2. The minimum atomic E-state index is -0.419. The van der Waals surface area contributed by atoms with Gasteiger partial charge in [0.05, 0.1) is 4.92 Å². The number of benzene rings is 1. The van der Waals surface area contributed by atoms with Crippen LogP contribution >= 0.6 is 0 Å². The minimum absolute atomic E-state index is 0.0175. The molecule has 1 fully saturated rings. The Labute approximate surface area is 156 Å². The van der Waals surface area contributed by atoms with Crippen molar-refractivity contribution in [2.75, 3.05) is 13.1 Å². The molecule has 7 heteroatoms. The molecular weight excluding hydrogens is 346 g/mol. The molecule has 0 bridgehead atoms. The fourth-order valence-corrected chi connectivity index (χ4v) is 3.13. The van der Waals surface area contributed by atoms with Crippen molar-refractivity contribution < 1.29 is 14.1 Å². The first kappa shape index (κ1) is 18.4. The fourth-order valence-electron chi connectivity index (χ4n) is 3.13. The SMILES string of the molecule is Cc1cc(-c2ccc(/C=C(\C#N)C(=O)N3CCCC3)o2)cc([N+](=O)[O-])c1C. The van der Waals surface area contributed by atoms with Crippen molar-refractivity contribution >= 4 is 17.7 Å². The second-order valence-corrected chi connectivity index (χ2v) is 6.57. The molecule has 2 aromatic rings. The van der Waals surface area contributed by atoms with E-state index in [0.717, 1.165) is 18.4 Å². The number of hydrogen-bond donors (Lipinski definition) is 0. The summed E-state index contributed by atoms with van der Waals surface area (Å²) in [7, 11) is 0. The van der Waals surface area contributed by atoms with Crippen molar-refractivity contribution in [2.45, 2.75) is 26.7 Å². The average molecular weight is 365 g/mol. The monoisotopic (exact) mass is 365 g/mol. The number of aryl methyl sites for hydroxylation is 1. The summed E-state index contributed by atoms with van der Waals surface area (Å²) >= 11 is 0. The lowest BCUT2D eigenvalue weighted by Crippen LogP contribution is -2.28. The van der Waals surface area contributed by atoms with E-state index in [4.69, 9.17) is 4.42 Å². The number of amides is 1. The Kier molecular flexibility index (Phi) is 5.08. The van der Waals surface area contributed by atoms with Crippen LogP contribution in [0.25, 0.3) is 17.4 Å². The molecule has 2 heterocycles. The van der Waals surface area contributed by atoms with Gasteiger partial charge in [-0.25, -0.2) is 0 Å². The maximum absolute atomic E-state index is 12.4. The molecule has 1 aliphatic rings. The molecule has 1 saturated heterocycles. The molecule has 27 heavy (non-hydrogen) atoms. The molecule has 1 aliphatic heterocycles. The highest BCUT2D eigenvalue weighted by molar-refractivity contribution is 6.01. The van der Waals surface area contributed by atoms with Crippen molar-refractivity contribution in [3.05, 3.63) is 56.8 Å². The Bertz CT molecular complexity index is 976. The molecule has 1 aromatic carbocycles. The second kappa shape index (κ2) is 7.46. The van der Waals surface area contributed by atoms with Gasteiger partial charge in [-0.3, -0.25) is 14.9 Å². The number of rotatable bonds is 4. The first-order chi connectivity index (χ1) is 12.9. The lowest BCUT2D eigenvalue weighted by Gasteiger charge is -2.13. The smallest absolute Gasteiger partial charge is 0.273 e. The van der Waals surface area contributed by atoms with Crippen molar-refractivity contribution in [3.63, 3.8) is 0 Å². The number of likely N-dealkylation sites (tertiary alicyclic amines) is 1. The van der Waals surface area contributed by atoms with Crippen molar-refractivity contribution in [1.82, 2.24) is 4.90 Å². The predicted octanol–water partition coefficient (Wildman–Crippen LogP) is 4.00. The number of hydrogen-bond acceptors (Lipinski definition) is 5. The molecule has 1 aromatic heterocycles. The van der Waals surface area contributed by atoms with Crippen LogP contribution in [0.15, 0.2) is 34.3 Å². The van der Waals surface area contributed by atoms with Gasteiger partial charge in [0.1, 0.15) is 23.2 Å². The summed E-state index contributed by atoms with van der Waals surface area (Å²) in [6, 6.07) is 8.54. The number of carbonyl (C=O) groups excluding carboxylic acids is 1. The molecule has 0 atom stereocenters. The summed E-state index contributed by atoms with van der Waals surface area (Å²) in [5.41, 5.74) is 2.02. The van der Waals surface area contributed by atoms with Gasteiger partial charge in [-0.2, -0.15) is 5.26 Å². The fraction of sp³-hybridized carbons (Fsp3) is 0.300. The van der Waals surface area contributed by atoms with Crippen molar-refractivity contribution in [3.8, 4) is 17.4 Å². The van der Waals surface area contributed by atoms with Gasteiger partial charge in [0, 0.05) is 36.4 Å². The average Bonchev–Trinajstić information content (AvgIpc) is 3.33. The van der Waals surface area contributed by atoms with E-state index in [0.29, 0.717) is 35.7 Å². The number of nitro groups is 1. The number of furan rings is 1. The molecular formula is C20H19N3O4. The van der Waals surface area contributed by atoms with E-state index in [9.17, 15) is 20.2 Å². The van der Waals surface area contributed by atoms with E-state index in [1.165, 1.54) is 12.1 Å². The number of carbonyl (C=O) groups is 1. The first-order valence-corrected chi connectivity index (χ1v) is 8.67. The Balaban J connectivity index is 1.91. The third kappa shape index (κ3) is 3.75. The van der Waals surface area contributed by atoms with Gasteiger partial charge in [0.15, 0.2) is 0 Å². The van der Waals surface area contributed by atoms with Gasteiger partial charge in [-0.05, 0) is 50.5 Å². The van der Waals surface area contributed by atoms with E-state index in [-0.39, 0.29) is 17.2 Å². The van der Waals surface area contributed by atoms with Gasteiger partial charge in [0.2, 0.25) is 0 Å². The topological polar surface area (TPSA) is 100 Å².